The molecular formula is C10H9N5O. The first kappa shape index (κ1) is 8.90. The molecule has 2 heterocycles. The largest absolute Gasteiger partial charge is 0.399 e. The van der Waals surface area contributed by atoms with Crippen molar-refractivity contribution in [1.29, 1.82) is 0 Å². The number of anilines is 1. The van der Waals surface area contributed by atoms with Gasteiger partial charge in [-0.2, -0.15) is 5.10 Å². The maximum absolute atomic E-state index is 11.8. The lowest BCUT2D eigenvalue weighted by atomic mass is 10.1. The molecule has 80 valence electrons. The third-order valence-electron chi connectivity index (χ3n) is 2.52. The van der Waals surface area contributed by atoms with Crippen molar-refractivity contribution in [1.82, 2.24) is 20.1 Å². The van der Waals surface area contributed by atoms with Gasteiger partial charge in [-0.3, -0.25) is 4.79 Å². The third-order valence-corrected chi connectivity index (χ3v) is 2.52. The molecule has 0 fully saturated rings. The fourth-order valence-electron chi connectivity index (χ4n) is 1.76. The van der Waals surface area contributed by atoms with Gasteiger partial charge < -0.3 is 11.1 Å². The predicted octanol–water partition coefficient (Wildman–Crippen LogP) is 0.0929. The van der Waals surface area contributed by atoms with Crippen LogP contribution >= 0.6 is 0 Å². The molecule has 0 saturated heterocycles. The van der Waals surface area contributed by atoms with Crippen LogP contribution < -0.4 is 11.1 Å². The number of nitrogens with zero attached hydrogens (tertiary/aromatic N) is 3. The highest BCUT2D eigenvalue weighted by Crippen LogP contribution is 2.20. The number of carbonyl (C=O) groups is 1. The number of nitrogen functional groups attached to an aromatic ring is 1. The number of carbonyl (C=O) groups excluding carboxylic acids is 1. The molecule has 6 heteroatoms. The summed E-state index contributed by atoms with van der Waals surface area (Å²) >= 11 is 0. The summed E-state index contributed by atoms with van der Waals surface area (Å²) in [7, 11) is 0. The van der Waals surface area contributed by atoms with Gasteiger partial charge in [0.05, 0.1) is 17.8 Å². The van der Waals surface area contributed by atoms with E-state index in [1.165, 1.54) is 6.33 Å². The minimum absolute atomic E-state index is 0.158. The lowest BCUT2D eigenvalue weighted by Crippen LogP contribution is -2.21. The minimum Gasteiger partial charge on any atom is -0.399 e. The average Bonchev–Trinajstić information content (AvgIpc) is 2.69. The zero-order valence-electron chi connectivity index (χ0n) is 8.34. The molecule has 1 aliphatic heterocycles. The Labute approximate surface area is 91.1 Å². The molecule has 2 aromatic rings. The van der Waals surface area contributed by atoms with E-state index in [1.807, 2.05) is 0 Å². The van der Waals surface area contributed by atoms with E-state index in [0.717, 1.165) is 0 Å². The van der Waals surface area contributed by atoms with Crippen molar-refractivity contribution in [2.24, 2.45) is 0 Å². The molecule has 0 aliphatic carbocycles. The molecule has 0 radical (unpaired) electrons. The van der Waals surface area contributed by atoms with Gasteiger partial charge >= 0.3 is 0 Å². The van der Waals surface area contributed by atoms with Crippen LogP contribution in [0.1, 0.15) is 16.2 Å². The fraction of sp³-hybridized carbons (Fsp3) is 0.100. The van der Waals surface area contributed by atoms with Crippen LogP contribution in [-0.2, 0) is 6.54 Å². The molecule has 3 rings (SSSR count). The second-order valence-electron chi connectivity index (χ2n) is 3.55. The Morgan fingerprint density at radius 2 is 2.31 bits per heavy atom. The molecule has 0 saturated carbocycles. The highest BCUT2D eigenvalue weighted by molar-refractivity contribution is 5.99. The highest BCUT2D eigenvalue weighted by atomic mass is 16.1. The van der Waals surface area contributed by atoms with E-state index in [-0.39, 0.29) is 5.91 Å². The van der Waals surface area contributed by atoms with Gasteiger partial charge in [0.1, 0.15) is 6.33 Å². The summed E-state index contributed by atoms with van der Waals surface area (Å²) in [5.41, 5.74) is 7.44. The standard InChI is InChI=1S/C10H9N5O/c11-6-1-2-8-7(3-6)10(16)12-4-9-13-5-14-15(8)9/h1-3,5H,4,11H2,(H,12,16). The molecule has 3 N–H and O–H groups in total. The lowest BCUT2D eigenvalue weighted by Gasteiger charge is -2.06. The van der Waals surface area contributed by atoms with E-state index in [2.05, 4.69) is 15.4 Å². The summed E-state index contributed by atoms with van der Waals surface area (Å²) in [6.07, 6.45) is 1.47. The van der Waals surface area contributed by atoms with Crippen molar-refractivity contribution in [2.75, 3.05) is 5.73 Å². The molecule has 1 aromatic carbocycles. The van der Waals surface area contributed by atoms with Crippen LogP contribution in [0.5, 0.6) is 0 Å². The monoisotopic (exact) mass is 215 g/mol. The highest BCUT2D eigenvalue weighted by Gasteiger charge is 2.20. The summed E-state index contributed by atoms with van der Waals surface area (Å²) in [5.74, 6) is 0.548. The van der Waals surface area contributed by atoms with E-state index >= 15 is 0 Å². The van der Waals surface area contributed by atoms with Gasteiger partial charge in [-0.1, -0.05) is 0 Å². The van der Waals surface area contributed by atoms with Crippen molar-refractivity contribution in [3.63, 3.8) is 0 Å². The first-order chi connectivity index (χ1) is 7.75. The van der Waals surface area contributed by atoms with Crippen LogP contribution in [0.2, 0.25) is 0 Å². The van der Waals surface area contributed by atoms with Crippen LogP contribution in [-0.4, -0.2) is 20.7 Å². The van der Waals surface area contributed by atoms with Crippen molar-refractivity contribution < 1.29 is 4.79 Å². The van der Waals surface area contributed by atoms with Crippen molar-refractivity contribution in [2.45, 2.75) is 6.54 Å². The number of rotatable bonds is 0. The van der Waals surface area contributed by atoms with Crippen molar-refractivity contribution in [3.8, 4) is 5.69 Å². The summed E-state index contributed by atoms with van der Waals surface area (Å²) in [6.45, 7) is 0.368. The Kier molecular flexibility index (Phi) is 1.70. The number of hydrogen-bond acceptors (Lipinski definition) is 4. The van der Waals surface area contributed by atoms with Gasteiger partial charge in [0, 0.05) is 5.69 Å². The molecule has 6 nitrogen and oxygen atoms in total. The number of aromatic nitrogens is 3. The molecule has 0 spiro atoms. The number of hydrogen-bond donors (Lipinski definition) is 2. The second-order valence-corrected chi connectivity index (χ2v) is 3.55. The maximum Gasteiger partial charge on any atom is 0.253 e. The first-order valence-electron chi connectivity index (χ1n) is 4.83. The van der Waals surface area contributed by atoms with Gasteiger partial charge in [0.25, 0.3) is 5.91 Å². The minimum atomic E-state index is -0.158. The molecule has 16 heavy (non-hydrogen) atoms. The lowest BCUT2D eigenvalue weighted by molar-refractivity contribution is 0.0952. The Hall–Kier alpha value is -2.37. The van der Waals surface area contributed by atoms with Gasteiger partial charge in [-0.25, -0.2) is 9.67 Å². The van der Waals surface area contributed by atoms with E-state index in [0.29, 0.717) is 29.3 Å². The summed E-state index contributed by atoms with van der Waals surface area (Å²) in [5, 5.41) is 6.85. The van der Waals surface area contributed by atoms with Gasteiger partial charge in [0.2, 0.25) is 0 Å². The van der Waals surface area contributed by atoms with Crippen LogP contribution in [0.15, 0.2) is 24.5 Å². The molecule has 0 bridgehead atoms. The van der Waals surface area contributed by atoms with Crippen LogP contribution in [0, 0.1) is 0 Å². The first-order valence-corrected chi connectivity index (χ1v) is 4.83. The second kappa shape index (κ2) is 3.06. The van der Waals surface area contributed by atoms with Crippen LogP contribution in [0.3, 0.4) is 0 Å². The van der Waals surface area contributed by atoms with Crippen molar-refractivity contribution >= 4 is 11.6 Å². The number of fused-ring (bicyclic) bond motifs is 3. The Morgan fingerprint density at radius 1 is 1.44 bits per heavy atom. The quantitative estimate of drug-likeness (QED) is 0.610. The molecule has 0 atom stereocenters. The normalized spacial score (nSPS) is 13.6. The average molecular weight is 215 g/mol. The number of nitrogens with two attached hydrogens (primary N) is 1. The Morgan fingerprint density at radius 3 is 3.19 bits per heavy atom. The van der Waals surface area contributed by atoms with E-state index in [9.17, 15) is 4.79 Å². The topological polar surface area (TPSA) is 85.8 Å². The SMILES string of the molecule is Nc1ccc2c(c1)C(=O)NCc1ncnn1-2. The predicted molar refractivity (Wildman–Crippen MR) is 56.9 cm³/mol. The fourth-order valence-corrected chi connectivity index (χ4v) is 1.76. The van der Waals surface area contributed by atoms with E-state index < -0.39 is 0 Å². The van der Waals surface area contributed by atoms with Crippen LogP contribution in [0.4, 0.5) is 5.69 Å². The summed E-state index contributed by atoms with van der Waals surface area (Å²) < 4.78 is 1.65. The molecule has 1 aromatic heterocycles. The van der Waals surface area contributed by atoms with E-state index in [4.69, 9.17) is 5.73 Å². The third kappa shape index (κ3) is 1.16. The number of benzene rings is 1. The molecule has 1 aliphatic rings. The summed E-state index contributed by atoms with van der Waals surface area (Å²) in [4.78, 5) is 15.9. The molecule has 0 unspecified atom stereocenters. The van der Waals surface area contributed by atoms with Gasteiger partial charge in [-0.05, 0) is 18.2 Å². The van der Waals surface area contributed by atoms with Gasteiger partial charge in [0.15, 0.2) is 5.82 Å². The van der Waals surface area contributed by atoms with Crippen molar-refractivity contribution in [3.05, 3.63) is 35.9 Å². The zero-order valence-corrected chi connectivity index (χ0v) is 8.34. The van der Waals surface area contributed by atoms with E-state index in [1.54, 1.807) is 22.9 Å². The number of nitrogens with one attached hydrogen (secondary N) is 1. The van der Waals surface area contributed by atoms with Gasteiger partial charge in [-0.15, -0.1) is 0 Å². The summed E-state index contributed by atoms with van der Waals surface area (Å²) in [6, 6.07) is 5.15. The number of amides is 1. The maximum atomic E-state index is 11.8. The van der Waals surface area contributed by atoms with Crippen LogP contribution in [0.25, 0.3) is 5.69 Å². The molecule has 1 amide bonds. The Balaban J connectivity index is 2.31. The smallest absolute Gasteiger partial charge is 0.253 e. The zero-order chi connectivity index (χ0) is 11.1. The Bertz CT molecular complexity index is 574. The molecular weight excluding hydrogens is 206 g/mol.